The molecule has 0 amide bonds. The molecule has 61 heavy (non-hydrogen) atoms. The molecular formula is C53H97NO7. The Balaban J connectivity index is 4.22. The zero-order valence-corrected chi connectivity index (χ0v) is 40.6. The van der Waals surface area contributed by atoms with E-state index in [9.17, 15) is 19.5 Å². The quantitative estimate of drug-likeness (QED) is 0.0260. The first-order chi connectivity index (χ1) is 29.6. The fraction of sp³-hybridized carbons (Fsp3) is 0.830. The van der Waals surface area contributed by atoms with Gasteiger partial charge in [0.1, 0.15) is 12.6 Å². The SMILES string of the molecule is CC/C=C/C/C=C/C/C=C/CCCCCCCCCCCCC(=O)OCC(COCCC(C(=O)[O-])[N+](C)(C)C)OC(=O)CCCCCCCCCCCCCCCCCCC. The lowest BCUT2D eigenvalue weighted by Gasteiger charge is -2.34. The molecule has 0 saturated heterocycles. The second-order valence-corrected chi connectivity index (χ2v) is 18.4. The largest absolute Gasteiger partial charge is 0.544 e. The van der Waals surface area contributed by atoms with E-state index in [-0.39, 0.29) is 42.7 Å². The molecule has 0 aliphatic carbocycles. The Bertz CT molecular complexity index is 1090. The highest BCUT2D eigenvalue weighted by Crippen LogP contribution is 2.16. The number of unbranched alkanes of at least 4 members (excludes halogenated alkanes) is 26. The highest BCUT2D eigenvalue weighted by atomic mass is 16.6. The number of quaternary nitrogens is 1. The lowest BCUT2D eigenvalue weighted by atomic mass is 10.0. The third-order valence-corrected chi connectivity index (χ3v) is 11.5. The molecule has 0 aliphatic heterocycles. The first kappa shape index (κ1) is 58.6. The van der Waals surface area contributed by atoms with Gasteiger partial charge in [0, 0.05) is 19.3 Å². The number of likely N-dealkylation sites (N-methyl/N-ethyl adjacent to an activating group) is 1. The molecule has 0 aromatic heterocycles. The van der Waals surface area contributed by atoms with Crippen molar-refractivity contribution in [2.24, 2.45) is 0 Å². The van der Waals surface area contributed by atoms with Crippen molar-refractivity contribution in [3.63, 3.8) is 0 Å². The number of carboxylic acid groups (broad SMARTS) is 1. The van der Waals surface area contributed by atoms with E-state index >= 15 is 0 Å². The van der Waals surface area contributed by atoms with Crippen molar-refractivity contribution < 1.29 is 38.2 Å². The van der Waals surface area contributed by atoms with Crippen molar-refractivity contribution >= 4 is 17.9 Å². The maximum Gasteiger partial charge on any atom is 0.306 e. The number of carboxylic acids is 1. The third kappa shape index (κ3) is 42.6. The Morgan fingerprint density at radius 3 is 1.36 bits per heavy atom. The van der Waals surface area contributed by atoms with Gasteiger partial charge in [-0.1, -0.05) is 204 Å². The van der Waals surface area contributed by atoms with E-state index in [0.29, 0.717) is 12.8 Å². The topological polar surface area (TPSA) is 102 Å². The Morgan fingerprint density at radius 2 is 0.918 bits per heavy atom. The van der Waals surface area contributed by atoms with Crippen molar-refractivity contribution in [1.82, 2.24) is 0 Å². The maximum atomic E-state index is 12.8. The van der Waals surface area contributed by atoms with Gasteiger partial charge in [0.15, 0.2) is 6.10 Å². The van der Waals surface area contributed by atoms with Gasteiger partial charge in [-0.3, -0.25) is 9.59 Å². The molecule has 0 aliphatic rings. The Morgan fingerprint density at radius 1 is 0.508 bits per heavy atom. The van der Waals surface area contributed by atoms with Gasteiger partial charge in [0.25, 0.3) is 0 Å². The second kappa shape index (κ2) is 44.2. The molecule has 0 saturated carbocycles. The van der Waals surface area contributed by atoms with Gasteiger partial charge >= 0.3 is 11.9 Å². The van der Waals surface area contributed by atoms with E-state index in [1.165, 1.54) is 141 Å². The molecule has 356 valence electrons. The molecule has 0 fully saturated rings. The number of aliphatic carboxylic acids is 1. The summed E-state index contributed by atoms with van der Waals surface area (Å²) in [7, 11) is 5.42. The van der Waals surface area contributed by atoms with Gasteiger partial charge in [-0.25, -0.2) is 0 Å². The van der Waals surface area contributed by atoms with Gasteiger partial charge in [-0.2, -0.15) is 0 Å². The van der Waals surface area contributed by atoms with E-state index in [4.69, 9.17) is 14.2 Å². The van der Waals surface area contributed by atoms with Crippen molar-refractivity contribution in [3.8, 4) is 0 Å². The molecule has 0 radical (unpaired) electrons. The summed E-state index contributed by atoms with van der Waals surface area (Å²) in [6, 6.07) is -0.725. The fourth-order valence-electron chi connectivity index (χ4n) is 7.62. The molecule has 0 heterocycles. The number of ether oxygens (including phenoxy) is 3. The number of esters is 2. The number of hydrogen-bond donors (Lipinski definition) is 0. The molecule has 8 heteroatoms. The van der Waals surface area contributed by atoms with Crippen molar-refractivity contribution in [1.29, 1.82) is 0 Å². The Kier molecular flexibility index (Phi) is 42.4. The highest BCUT2D eigenvalue weighted by molar-refractivity contribution is 5.70. The number of rotatable bonds is 46. The Labute approximate surface area is 376 Å². The fourth-order valence-corrected chi connectivity index (χ4v) is 7.62. The van der Waals surface area contributed by atoms with E-state index in [0.717, 1.165) is 57.8 Å². The van der Waals surface area contributed by atoms with Crippen LogP contribution < -0.4 is 5.11 Å². The third-order valence-electron chi connectivity index (χ3n) is 11.5. The molecule has 0 spiro atoms. The van der Waals surface area contributed by atoms with Crippen LogP contribution >= 0.6 is 0 Å². The maximum absolute atomic E-state index is 12.8. The van der Waals surface area contributed by atoms with Crippen molar-refractivity contribution in [3.05, 3.63) is 36.5 Å². The molecule has 2 unspecified atom stereocenters. The standard InChI is InChI=1S/C53H97NO7/c1-6-8-10-12-14-16-18-20-22-24-25-26-28-29-31-33-35-37-39-41-43-51(55)60-48-49(47-59-46-45-50(53(57)58)54(3,4)5)61-52(56)44-42-40-38-36-34-32-30-27-23-21-19-17-15-13-11-9-7-2/h8,10,14,16,20,22,49-50H,6-7,9,11-13,15,17-19,21,23-48H2,1-5H3/b10-8+,16-14+,22-20+. The first-order valence-corrected chi connectivity index (χ1v) is 25.5. The van der Waals surface area contributed by atoms with Gasteiger partial charge in [-0.15, -0.1) is 0 Å². The van der Waals surface area contributed by atoms with E-state index in [1.807, 2.05) is 0 Å². The summed E-state index contributed by atoms with van der Waals surface area (Å²) < 4.78 is 17.3. The van der Waals surface area contributed by atoms with Crippen LogP contribution in [0.3, 0.4) is 0 Å². The zero-order valence-electron chi connectivity index (χ0n) is 40.6. The van der Waals surface area contributed by atoms with Crippen LogP contribution in [0.25, 0.3) is 0 Å². The summed E-state index contributed by atoms with van der Waals surface area (Å²) >= 11 is 0. The summed E-state index contributed by atoms with van der Waals surface area (Å²) in [6.45, 7) is 4.58. The van der Waals surface area contributed by atoms with E-state index in [1.54, 1.807) is 21.1 Å². The predicted molar refractivity (Wildman–Crippen MR) is 254 cm³/mol. The summed E-state index contributed by atoms with van der Waals surface area (Å²) in [4.78, 5) is 37.0. The van der Waals surface area contributed by atoms with Crippen LogP contribution in [0.4, 0.5) is 0 Å². The number of nitrogens with zero attached hydrogens (tertiary/aromatic N) is 1. The molecule has 8 nitrogen and oxygen atoms in total. The average Bonchev–Trinajstić information content (AvgIpc) is 3.22. The monoisotopic (exact) mass is 860 g/mol. The Hall–Kier alpha value is -2.45. The summed E-state index contributed by atoms with van der Waals surface area (Å²) in [5.74, 6) is -1.73. The van der Waals surface area contributed by atoms with E-state index in [2.05, 4.69) is 50.3 Å². The average molecular weight is 860 g/mol. The minimum absolute atomic E-state index is 0.0431. The van der Waals surface area contributed by atoms with Gasteiger partial charge in [-0.05, 0) is 44.9 Å². The zero-order chi connectivity index (χ0) is 44.9. The number of allylic oxidation sites excluding steroid dienone is 6. The minimum Gasteiger partial charge on any atom is -0.544 e. The van der Waals surface area contributed by atoms with Crippen LogP contribution in [0.15, 0.2) is 36.5 Å². The molecule has 0 aromatic rings. The first-order valence-electron chi connectivity index (χ1n) is 25.5. The van der Waals surface area contributed by atoms with Crippen LogP contribution in [-0.2, 0) is 28.6 Å². The second-order valence-electron chi connectivity index (χ2n) is 18.4. The number of hydrogen-bond acceptors (Lipinski definition) is 7. The molecule has 2 atom stereocenters. The lowest BCUT2D eigenvalue weighted by molar-refractivity contribution is -0.889. The molecule has 0 aromatic carbocycles. The summed E-state index contributed by atoms with van der Waals surface area (Å²) in [6.07, 6.45) is 51.7. The summed E-state index contributed by atoms with van der Waals surface area (Å²) in [5.41, 5.74) is 0. The van der Waals surface area contributed by atoms with Gasteiger partial charge in [0.2, 0.25) is 0 Å². The van der Waals surface area contributed by atoms with Crippen molar-refractivity contribution in [2.75, 3.05) is 41.0 Å². The van der Waals surface area contributed by atoms with Crippen LogP contribution in [0.5, 0.6) is 0 Å². The van der Waals surface area contributed by atoms with Crippen molar-refractivity contribution in [2.45, 2.75) is 244 Å². The van der Waals surface area contributed by atoms with Crippen LogP contribution in [0, 0.1) is 0 Å². The highest BCUT2D eigenvalue weighted by Gasteiger charge is 2.25. The summed E-state index contributed by atoms with van der Waals surface area (Å²) in [5, 5.41) is 11.7. The molecule has 0 rings (SSSR count). The minimum atomic E-state index is -1.12. The number of carbonyl (C=O) groups is 3. The number of carbonyl (C=O) groups excluding carboxylic acids is 3. The van der Waals surface area contributed by atoms with Crippen LogP contribution in [-0.4, -0.2) is 75.5 Å². The molecule has 0 bridgehead atoms. The van der Waals surface area contributed by atoms with E-state index < -0.39 is 18.1 Å². The predicted octanol–water partition coefficient (Wildman–Crippen LogP) is 13.3. The molecule has 0 N–H and O–H groups in total. The normalized spacial score (nSPS) is 13.1. The smallest absolute Gasteiger partial charge is 0.306 e. The lowest BCUT2D eigenvalue weighted by Crippen LogP contribution is -2.55. The van der Waals surface area contributed by atoms with Crippen LogP contribution in [0.2, 0.25) is 0 Å². The molecular weight excluding hydrogens is 763 g/mol. The van der Waals surface area contributed by atoms with Crippen LogP contribution in [0.1, 0.15) is 232 Å². The van der Waals surface area contributed by atoms with Gasteiger partial charge < -0.3 is 28.6 Å². The van der Waals surface area contributed by atoms with Gasteiger partial charge in [0.05, 0.1) is 40.3 Å².